The van der Waals surface area contributed by atoms with Crippen molar-refractivity contribution >= 4 is 12.0 Å². The molecule has 0 saturated heterocycles. The number of hydrogen-bond acceptors (Lipinski definition) is 4. The predicted molar refractivity (Wildman–Crippen MR) is 77.4 cm³/mol. The van der Waals surface area contributed by atoms with E-state index < -0.39 is 12.2 Å². The average Bonchev–Trinajstić information content (AvgIpc) is 2.45. The third-order valence-electron chi connectivity index (χ3n) is 3.00. The van der Waals surface area contributed by atoms with Crippen LogP contribution in [0.2, 0.25) is 0 Å². The molecule has 2 amide bonds. The zero-order valence-corrected chi connectivity index (χ0v) is 12.6. The van der Waals surface area contributed by atoms with Crippen LogP contribution in [0.4, 0.5) is 4.79 Å². The van der Waals surface area contributed by atoms with Crippen molar-refractivity contribution < 1.29 is 19.4 Å². The molecule has 3 N–H and O–H groups in total. The van der Waals surface area contributed by atoms with Gasteiger partial charge in [-0.2, -0.15) is 0 Å². The summed E-state index contributed by atoms with van der Waals surface area (Å²) in [4.78, 5) is 22.2. The molecule has 1 atom stereocenters. The van der Waals surface area contributed by atoms with Crippen LogP contribution in [0, 0.1) is 0 Å². The summed E-state index contributed by atoms with van der Waals surface area (Å²) in [5.41, 5.74) is 0. The highest BCUT2D eigenvalue weighted by Crippen LogP contribution is 2.09. The van der Waals surface area contributed by atoms with Gasteiger partial charge in [0.25, 0.3) is 0 Å². The van der Waals surface area contributed by atoms with Gasteiger partial charge in [-0.05, 0) is 12.8 Å². The second kappa shape index (κ2) is 12.7. The lowest BCUT2D eigenvalue weighted by molar-refractivity contribution is -0.121. The Morgan fingerprint density at radius 3 is 2.45 bits per heavy atom. The first-order valence-corrected chi connectivity index (χ1v) is 7.36. The van der Waals surface area contributed by atoms with Crippen molar-refractivity contribution in [3.63, 3.8) is 0 Å². The molecule has 0 aromatic heterocycles. The smallest absolute Gasteiger partial charge is 0.406 e. The highest BCUT2D eigenvalue weighted by atomic mass is 16.5. The van der Waals surface area contributed by atoms with Crippen LogP contribution in [0.5, 0.6) is 0 Å². The molecular formula is C14H28N2O4. The fourth-order valence-electron chi connectivity index (χ4n) is 1.78. The predicted octanol–water partition coefficient (Wildman–Crippen LogP) is 1.57. The number of ether oxygens (including phenoxy) is 1. The van der Waals surface area contributed by atoms with Gasteiger partial charge in [0.1, 0.15) is 0 Å². The number of nitrogens with one attached hydrogen (secondary N) is 2. The molecule has 1 unspecified atom stereocenters. The van der Waals surface area contributed by atoms with Crippen LogP contribution in [0.3, 0.4) is 0 Å². The summed E-state index contributed by atoms with van der Waals surface area (Å²) in [6, 6.07) is 0. The Labute approximate surface area is 121 Å². The van der Waals surface area contributed by atoms with Gasteiger partial charge in [0.2, 0.25) is 5.91 Å². The first-order chi connectivity index (χ1) is 9.60. The van der Waals surface area contributed by atoms with E-state index >= 15 is 0 Å². The van der Waals surface area contributed by atoms with E-state index in [1.54, 1.807) is 0 Å². The topological polar surface area (TPSA) is 87.7 Å². The highest BCUT2D eigenvalue weighted by Gasteiger charge is 2.08. The van der Waals surface area contributed by atoms with Gasteiger partial charge >= 0.3 is 6.09 Å². The maximum Gasteiger partial charge on any atom is 0.406 e. The molecule has 0 spiro atoms. The van der Waals surface area contributed by atoms with Gasteiger partial charge in [-0.3, -0.25) is 4.79 Å². The van der Waals surface area contributed by atoms with Crippen molar-refractivity contribution in [2.75, 3.05) is 20.2 Å². The van der Waals surface area contributed by atoms with E-state index in [0.717, 1.165) is 19.3 Å². The van der Waals surface area contributed by atoms with Crippen molar-refractivity contribution in [1.82, 2.24) is 10.6 Å². The molecule has 0 aliphatic heterocycles. The molecule has 0 fully saturated rings. The van der Waals surface area contributed by atoms with E-state index in [2.05, 4.69) is 22.3 Å². The molecule has 0 aromatic rings. The van der Waals surface area contributed by atoms with Crippen LogP contribution in [-0.4, -0.2) is 43.4 Å². The van der Waals surface area contributed by atoms with E-state index in [4.69, 9.17) is 0 Å². The van der Waals surface area contributed by atoms with Crippen LogP contribution in [0.15, 0.2) is 0 Å². The molecule has 0 aromatic carbocycles. The van der Waals surface area contributed by atoms with Crippen LogP contribution in [0.25, 0.3) is 0 Å². The number of aliphatic hydroxyl groups excluding tert-OH is 1. The minimum absolute atomic E-state index is 0.107. The summed E-state index contributed by atoms with van der Waals surface area (Å²) in [7, 11) is 1.29. The molecule has 6 heteroatoms. The number of carbonyl (C=O) groups is 2. The minimum Gasteiger partial charge on any atom is -0.453 e. The molecule has 0 bridgehead atoms. The summed E-state index contributed by atoms with van der Waals surface area (Å²) >= 11 is 0. The molecule has 6 nitrogen and oxygen atoms in total. The third kappa shape index (κ3) is 11.8. The monoisotopic (exact) mass is 288 g/mol. The number of carbonyl (C=O) groups excluding carboxylic acids is 2. The van der Waals surface area contributed by atoms with Gasteiger partial charge in [-0.1, -0.05) is 32.6 Å². The summed E-state index contributed by atoms with van der Waals surface area (Å²) in [5, 5.41) is 14.9. The summed E-state index contributed by atoms with van der Waals surface area (Å²) in [6.45, 7) is 2.84. The fourth-order valence-corrected chi connectivity index (χ4v) is 1.78. The van der Waals surface area contributed by atoms with E-state index in [1.165, 1.54) is 20.0 Å². The lowest BCUT2D eigenvalue weighted by Crippen LogP contribution is -2.34. The van der Waals surface area contributed by atoms with Crippen LogP contribution in [0.1, 0.15) is 51.9 Å². The zero-order chi connectivity index (χ0) is 15.2. The van der Waals surface area contributed by atoms with E-state index in [0.29, 0.717) is 25.9 Å². The van der Waals surface area contributed by atoms with Crippen LogP contribution < -0.4 is 10.6 Å². The van der Waals surface area contributed by atoms with Crippen molar-refractivity contribution in [3.8, 4) is 0 Å². The molecule has 118 valence electrons. The largest absolute Gasteiger partial charge is 0.453 e. The summed E-state index contributed by atoms with van der Waals surface area (Å²) in [6.07, 6.45) is 5.18. The van der Waals surface area contributed by atoms with E-state index in [1.807, 2.05) is 0 Å². The number of hydrogen-bond donors (Lipinski definition) is 3. The second-order valence-electron chi connectivity index (χ2n) is 4.81. The number of unbranched alkanes of at least 4 members (excludes halogenated alkanes) is 3. The maximum atomic E-state index is 11.5. The van der Waals surface area contributed by atoms with Gasteiger partial charge in [0.05, 0.1) is 13.2 Å². The van der Waals surface area contributed by atoms with Gasteiger partial charge in [0.15, 0.2) is 0 Å². The van der Waals surface area contributed by atoms with Gasteiger partial charge < -0.3 is 20.5 Å². The lowest BCUT2D eigenvalue weighted by atomic mass is 10.1. The Hall–Kier alpha value is -1.30. The normalized spacial score (nSPS) is 11.8. The first kappa shape index (κ1) is 18.7. The quantitative estimate of drug-likeness (QED) is 0.504. The number of amides is 2. The molecule has 0 heterocycles. The Balaban J connectivity index is 3.45. The van der Waals surface area contributed by atoms with Crippen molar-refractivity contribution in [3.05, 3.63) is 0 Å². The number of alkyl carbamates (subject to hydrolysis) is 1. The molecule has 0 saturated carbocycles. The molecular weight excluding hydrogens is 260 g/mol. The third-order valence-corrected chi connectivity index (χ3v) is 3.00. The fraction of sp³-hybridized carbons (Fsp3) is 0.857. The van der Waals surface area contributed by atoms with Gasteiger partial charge in [-0.15, -0.1) is 0 Å². The number of aliphatic hydroxyl groups is 1. The molecule has 0 radical (unpaired) electrons. The first-order valence-electron chi connectivity index (χ1n) is 7.36. The molecule has 0 aliphatic carbocycles. The van der Waals surface area contributed by atoms with Gasteiger partial charge in [-0.25, -0.2) is 4.79 Å². The van der Waals surface area contributed by atoms with Crippen molar-refractivity contribution in [2.24, 2.45) is 0 Å². The van der Waals surface area contributed by atoms with Crippen molar-refractivity contribution in [2.45, 2.75) is 58.0 Å². The van der Waals surface area contributed by atoms with Crippen LogP contribution >= 0.6 is 0 Å². The standard InChI is InChI=1S/C14H28N2O4/c1-3-4-5-6-7-12(17)8-9-13(18)15-10-11-16-14(19)20-2/h12,17H,3-11H2,1-2H3,(H,15,18)(H,16,19). The Bertz CT molecular complexity index is 272. The Kier molecular flexibility index (Phi) is 11.9. The summed E-state index contributed by atoms with van der Waals surface area (Å²) < 4.78 is 4.40. The van der Waals surface area contributed by atoms with Gasteiger partial charge in [0, 0.05) is 19.5 Å². The van der Waals surface area contributed by atoms with E-state index in [-0.39, 0.29) is 5.91 Å². The molecule has 20 heavy (non-hydrogen) atoms. The molecule has 0 aliphatic rings. The summed E-state index contributed by atoms with van der Waals surface area (Å²) in [5.74, 6) is -0.107. The SMILES string of the molecule is CCCCCCC(O)CCC(=O)NCCNC(=O)OC. The van der Waals surface area contributed by atoms with E-state index in [9.17, 15) is 14.7 Å². The van der Waals surface area contributed by atoms with Crippen molar-refractivity contribution in [1.29, 1.82) is 0 Å². The zero-order valence-electron chi connectivity index (χ0n) is 12.6. The minimum atomic E-state index is -0.512. The lowest BCUT2D eigenvalue weighted by Gasteiger charge is -2.10. The second-order valence-corrected chi connectivity index (χ2v) is 4.81. The Morgan fingerprint density at radius 1 is 1.10 bits per heavy atom. The number of methoxy groups -OCH3 is 1. The highest BCUT2D eigenvalue weighted by molar-refractivity contribution is 5.75. The molecule has 0 rings (SSSR count). The average molecular weight is 288 g/mol. The maximum absolute atomic E-state index is 11.5. The number of rotatable bonds is 11. The Morgan fingerprint density at radius 2 is 1.80 bits per heavy atom. The van der Waals surface area contributed by atoms with Crippen LogP contribution in [-0.2, 0) is 9.53 Å².